The van der Waals surface area contributed by atoms with Crippen LogP contribution in [-0.4, -0.2) is 44.9 Å². The first-order valence-electron chi connectivity index (χ1n) is 8.88. The molecule has 0 bridgehead atoms. The van der Waals surface area contributed by atoms with E-state index in [4.69, 9.17) is 0 Å². The molecule has 1 saturated heterocycles. The van der Waals surface area contributed by atoms with Gasteiger partial charge in [0.1, 0.15) is 5.82 Å². The second kappa shape index (κ2) is 7.27. The average molecular weight is 357 g/mol. The summed E-state index contributed by atoms with van der Waals surface area (Å²) in [6.45, 7) is 2.55. The van der Waals surface area contributed by atoms with Crippen molar-refractivity contribution in [3.63, 3.8) is 0 Å². The highest BCUT2D eigenvalue weighted by molar-refractivity contribution is 5.79. The van der Waals surface area contributed by atoms with E-state index in [0.29, 0.717) is 55.4 Å². The molecular weight excluding hydrogens is 334 g/mol. The zero-order chi connectivity index (χ0) is 18.7. The molecule has 0 aliphatic carbocycles. The van der Waals surface area contributed by atoms with E-state index in [1.54, 1.807) is 30.0 Å². The van der Waals surface area contributed by atoms with Crippen LogP contribution in [0.15, 0.2) is 29.1 Å². The molecule has 2 N–H and O–H groups in total. The summed E-state index contributed by atoms with van der Waals surface area (Å²) < 4.78 is 0. The van der Waals surface area contributed by atoms with Crippen LogP contribution in [0.1, 0.15) is 38.4 Å². The van der Waals surface area contributed by atoms with E-state index in [1.165, 1.54) is 0 Å². The lowest BCUT2D eigenvalue weighted by Crippen LogP contribution is -2.48. The molecular formula is C19H23N3O4. The van der Waals surface area contributed by atoms with Gasteiger partial charge in [-0.3, -0.25) is 14.4 Å². The molecule has 2 heterocycles. The van der Waals surface area contributed by atoms with Gasteiger partial charge in [-0.05, 0) is 38.3 Å². The number of fused-ring (bicyclic) bond motifs is 1. The van der Waals surface area contributed by atoms with Crippen molar-refractivity contribution in [1.82, 2.24) is 14.9 Å². The fraction of sp³-hybridized carbons (Fsp3) is 0.474. The molecule has 1 unspecified atom stereocenters. The second-order valence-electron chi connectivity index (χ2n) is 7.17. The average Bonchev–Trinajstić information content (AvgIpc) is 2.61. The highest BCUT2D eigenvalue weighted by Crippen LogP contribution is 2.30. The highest BCUT2D eigenvalue weighted by atomic mass is 16.4. The molecule has 138 valence electrons. The zero-order valence-electron chi connectivity index (χ0n) is 14.8. The maximum atomic E-state index is 12.4. The molecule has 0 radical (unpaired) electrons. The number of carbonyl (C=O) groups is 2. The summed E-state index contributed by atoms with van der Waals surface area (Å²) in [4.78, 5) is 44.7. The SMILES string of the molecule is CC1(C(=O)O)CCCN(C(=O)CCCc2nc3ccccc3c(=O)[nH]2)C1. The molecule has 1 amide bonds. The number of aromatic amines is 1. The Balaban J connectivity index is 1.59. The predicted molar refractivity (Wildman–Crippen MR) is 96.9 cm³/mol. The van der Waals surface area contributed by atoms with Gasteiger partial charge in [-0.1, -0.05) is 12.1 Å². The molecule has 1 aliphatic heterocycles. The summed E-state index contributed by atoms with van der Waals surface area (Å²) in [5.74, 6) is -0.330. The van der Waals surface area contributed by atoms with Crippen molar-refractivity contribution in [3.8, 4) is 0 Å². The van der Waals surface area contributed by atoms with Gasteiger partial charge in [0.05, 0.1) is 16.3 Å². The molecule has 1 fully saturated rings. The number of hydrogen-bond acceptors (Lipinski definition) is 4. The molecule has 1 aromatic carbocycles. The van der Waals surface area contributed by atoms with Crippen LogP contribution in [0.3, 0.4) is 0 Å². The second-order valence-corrected chi connectivity index (χ2v) is 7.17. The van der Waals surface area contributed by atoms with Crippen LogP contribution < -0.4 is 5.56 Å². The van der Waals surface area contributed by atoms with Crippen LogP contribution in [-0.2, 0) is 16.0 Å². The van der Waals surface area contributed by atoms with Crippen molar-refractivity contribution in [2.75, 3.05) is 13.1 Å². The lowest BCUT2D eigenvalue weighted by atomic mass is 9.82. The maximum Gasteiger partial charge on any atom is 0.311 e. The van der Waals surface area contributed by atoms with Crippen molar-refractivity contribution >= 4 is 22.8 Å². The van der Waals surface area contributed by atoms with E-state index >= 15 is 0 Å². The number of piperidine rings is 1. The van der Waals surface area contributed by atoms with Crippen LogP contribution in [0.2, 0.25) is 0 Å². The van der Waals surface area contributed by atoms with Gasteiger partial charge in [0, 0.05) is 25.9 Å². The normalized spacial score (nSPS) is 20.3. The summed E-state index contributed by atoms with van der Waals surface area (Å²) in [6.07, 6.45) is 2.66. The Morgan fingerprint density at radius 1 is 1.35 bits per heavy atom. The Kier molecular flexibility index (Phi) is 5.06. The maximum absolute atomic E-state index is 12.4. The highest BCUT2D eigenvalue weighted by Gasteiger charge is 2.39. The number of para-hydroxylation sites is 1. The Morgan fingerprint density at radius 2 is 2.12 bits per heavy atom. The number of carbonyl (C=O) groups excluding carboxylic acids is 1. The third-order valence-electron chi connectivity index (χ3n) is 5.03. The number of carboxylic acids is 1. The Bertz CT molecular complexity index is 892. The number of H-pyrrole nitrogens is 1. The van der Waals surface area contributed by atoms with Crippen molar-refractivity contribution in [2.45, 2.75) is 39.0 Å². The summed E-state index contributed by atoms with van der Waals surface area (Å²) in [5, 5.41) is 9.90. The fourth-order valence-electron chi connectivity index (χ4n) is 3.45. The van der Waals surface area contributed by atoms with Gasteiger partial charge < -0.3 is 15.0 Å². The van der Waals surface area contributed by atoms with Gasteiger partial charge in [0.25, 0.3) is 5.56 Å². The number of nitrogens with one attached hydrogen (secondary N) is 1. The first kappa shape index (κ1) is 18.1. The molecule has 26 heavy (non-hydrogen) atoms. The largest absolute Gasteiger partial charge is 0.481 e. The first-order chi connectivity index (χ1) is 12.4. The van der Waals surface area contributed by atoms with Crippen molar-refractivity contribution in [2.24, 2.45) is 5.41 Å². The Morgan fingerprint density at radius 3 is 2.88 bits per heavy atom. The number of rotatable bonds is 5. The Labute approximate surface area is 151 Å². The summed E-state index contributed by atoms with van der Waals surface area (Å²) in [7, 11) is 0. The molecule has 1 aromatic heterocycles. The molecule has 1 aliphatic rings. The molecule has 2 aromatic rings. The van der Waals surface area contributed by atoms with Crippen LogP contribution in [0, 0.1) is 5.41 Å². The van der Waals surface area contributed by atoms with Crippen molar-refractivity contribution < 1.29 is 14.7 Å². The molecule has 1 atom stereocenters. The van der Waals surface area contributed by atoms with E-state index in [-0.39, 0.29) is 18.0 Å². The quantitative estimate of drug-likeness (QED) is 0.851. The predicted octanol–water partition coefficient (Wildman–Crippen LogP) is 1.96. The van der Waals surface area contributed by atoms with Crippen LogP contribution in [0.25, 0.3) is 10.9 Å². The molecule has 7 heteroatoms. The smallest absolute Gasteiger partial charge is 0.311 e. The number of aliphatic carboxylic acids is 1. The lowest BCUT2D eigenvalue weighted by Gasteiger charge is -2.37. The molecule has 0 saturated carbocycles. The topological polar surface area (TPSA) is 103 Å². The summed E-state index contributed by atoms with van der Waals surface area (Å²) >= 11 is 0. The third-order valence-corrected chi connectivity index (χ3v) is 5.03. The lowest BCUT2D eigenvalue weighted by molar-refractivity contribution is -0.153. The summed E-state index contributed by atoms with van der Waals surface area (Å²) in [6, 6.07) is 7.14. The van der Waals surface area contributed by atoms with Gasteiger partial charge in [-0.2, -0.15) is 0 Å². The minimum atomic E-state index is -0.862. The molecule has 0 spiro atoms. The first-order valence-corrected chi connectivity index (χ1v) is 8.88. The van der Waals surface area contributed by atoms with Crippen LogP contribution in [0.4, 0.5) is 0 Å². The van der Waals surface area contributed by atoms with E-state index in [2.05, 4.69) is 9.97 Å². The summed E-state index contributed by atoms with van der Waals surface area (Å²) in [5.41, 5.74) is -0.394. The third kappa shape index (κ3) is 3.76. The zero-order valence-corrected chi connectivity index (χ0v) is 14.8. The number of nitrogens with zero attached hydrogens (tertiary/aromatic N) is 2. The van der Waals surface area contributed by atoms with Gasteiger partial charge in [0.15, 0.2) is 0 Å². The number of amides is 1. The van der Waals surface area contributed by atoms with Crippen LogP contribution in [0.5, 0.6) is 0 Å². The monoisotopic (exact) mass is 357 g/mol. The van der Waals surface area contributed by atoms with Crippen LogP contribution >= 0.6 is 0 Å². The van der Waals surface area contributed by atoms with E-state index < -0.39 is 11.4 Å². The van der Waals surface area contributed by atoms with E-state index in [1.807, 2.05) is 6.07 Å². The van der Waals surface area contributed by atoms with Crippen molar-refractivity contribution in [3.05, 3.63) is 40.4 Å². The van der Waals surface area contributed by atoms with Gasteiger partial charge in [-0.15, -0.1) is 0 Å². The van der Waals surface area contributed by atoms with E-state index in [9.17, 15) is 19.5 Å². The minimum Gasteiger partial charge on any atom is -0.481 e. The molecule has 7 nitrogen and oxygen atoms in total. The number of aromatic nitrogens is 2. The number of hydrogen-bond donors (Lipinski definition) is 2. The number of carboxylic acid groups (broad SMARTS) is 1. The van der Waals surface area contributed by atoms with Gasteiger partial charge in [0.2, 0.25) is 5.91 Å². The minimum absolute atomic E-state index is 0.0414. The standard InChI is InChI=1S/C19H23N3O4/c1-19(18(25)26)10-5-11-22(12-19)16(23)9-4-8-15-20-14-7-3-2-6-13(14)17(24)21-15/h2-3,6-7H,4-5,8-12H2,1H3,(H,25,26)(H,20,21,24). The van der Waals surface area contributed by atoms with Gasteiger partial charge >= 0.3 is 5.97 Å². The Hall–Kier alpha value is -2.70. The number of likely N-dealkylation sites (tertiary alicyclic amines) is 1. The molecule has 3 rings (SSSR count). The number of benzene rings is 1. The van der Waals surface area contributed by atoms with Gasteiger partial charge in [-0.25, -0.2) is 4.98 Å². The fourth-order valence-corrected chi connectivity index (χ4v) is 3.45. The number of aryl methyl sites for hydroxylation is 1. The van der Waals surface area contributed by atoms with E-state index in [0.717, 1.165) is 0 Å². The van der Waals surface area contributed by atoms with Crippen molar-refractivity contribution in [1.29, 1.82) is 0 Å².